The Morgan fingerprint density at radius 3 is 2.60 bits per heavy atom. The van der Waals surface area contributed by atoms with Crippen molar-refractivity contribution >= 4 is 17.3 Å². The molecule has 0 heterocycles. The van der Waals surface area contributed by atoms with Crippen LogP contribution in [0.2, 0.25) is 0 Å². The molecule has 4 heteroatoms. The lowest BCUT2D eigenvalue weighted by atomic mass is 10.1. The summed E-state index contributed by atoms with van der Waals surface area (Å²) in [4.78, 5) is 13.9. The summed E-state index contributed by atoms with van der Waals surface area (Å²) in [5, 5.41) is 6.27. The van der Waals surface area contributed by atoms with Crippen molar-refractivity contribution < 1.29 is 4.79 Å². The van der Waals surface area contributed by atoms with Crippen molar-refractivity contribution in [2.45, 2.75) is 39.7 Å². The highest BCUT2D eigenvalue weighted by molar-refractivity contribution is 5.91. The minimum absolute atomic E-state index is 0.0733. The van der Waals surface area contributed by atoms with E-state index in [1.54, 1.807) is 0 Å². The number of anilines is 2. The smallest absolute Gasteiger partial charge is 0.224 e. The SMILES string of the molecule is Cc1ccc(NC(=O)CCCNC(C)C)cc1N(C)C. The molecule has 0 saturated carbocycles. The average molecular weight is 277 g/mol. The lowest BCUT2D eigenvalue weighted by Crippen LogP contribution is -2.24. The van der Waals surface area contributed by atoms with Crippen LogP contribution in [-0.4, -0.2) is 32.6 Å². The number of rotatable bonds is 7. The van der Waals surface area contributed by atoms with E-state index in [9.17, 15) is 4.79 Å². The van der Waals surface area contributed by atoms with Crippen molar-refractivity contribution in [3.05, 3.63) is 23.8 Å². The van der Waals surface area contributed by atoms with Crippen LogP contribution in [-0.2, 0) is 4.79 Å². The molecular formula is C16H27N3O. The third-order valence-corrected chi connectivity index (χ3v) is 3.11. The van der Waals surface area contributed by atoms with Crippen molar-refractivity contribution in [3.8, 4) is 0 Å². The molecule has 0 aliphatic carbocycles. The van der Waals surface area contributed by atoms with E-state index in [4.69, 9.17) is 0 Å². The van der Waals surface area contributed by atoms with Crippen molar-refractivity contribution in [1.29, 1.82) is 0 Å². The highest BCUT2D eigenvalue weighted by atomic mass is 16.1. The maximum Gasteiger partial charge on any atom is 0.224 e. The van der Waals surface area contributed by atoms with Gasteiger partial charge in [-0.05, 0) is 37.6 Å². The van der Waals surface area contributed by atoms with Crippen molar-refractivity contribution in [3.63, 3.8) is 0 Å². The lowest BCUT2D eigenvalue weighted by molar-refractivity contribution is -0.116. The Labute approximate surface area is 122 Å². The molecule has 0 bridgehead atoms. The molecule has 20 heavy (non-hydrogen) atoms. The van der Waals surface area contributed by atoms with Gasteiger partial charge in [0, 0.05) is 37.9 Å². The first kappa shape index (κ1) is 16.5. The zero-order chi connectivity index (χ0) is 15.1. The Balaban J connectivity index is 2.48. The van der Waals surface area contributed by atoms with Gasteiger partial charge in [0.1, 0.15) is 0 Å². The molecule has 0 unspecified atom stereocenters. The van der Waals surface area contributed by atoms with Gasteiger partial charge >= 0.3 is 0 Å². The normalized spacial score (nSPS) is 10.7. The third-order valence-electron chi connectivity index (χ3n) is 3.11. The lowest BCUT2D eigenvalue weighted by Gasteiger charge is -2.17. The maximum absolute atomic E-state index is 11.9. The number of nitrogens with one attached hydrogen (secondary N) is 2. The second kappa shape index (κ2) is 7.90. The molecule has 0 radical (unpaired) electrons. The summed E-state index contributed by atoms with van der Waals surface area (Å²) in [5.41, 5.74) is 3.19. The fourth-order valence-corrected chi connectivity index (χ4v) is 2.03. The predicted molar refractivity (Wildman–Crippen MR) is 86.5 cm³/mol. The van der Waals surface area contributed by atoms with Gasteiger partial charge in [0.05, 0.1) is 0 Å². The Hall–Kier alpha value is -1.55. The van der Waals surface area contributed by atoms with Gasteiger partial charge in [0.25, 0.3) is 0 Å². The molecule has 0 fully saturated rings. The highest BCUT2D eigenvalue weighted by Gasteiger charge is 2.06. The number of hydrogen-bond acceptors (Lipinski definition) is 3. The van der Waals surface area contributed by atoms with Gasteiger partial charge in [-0.15, -0.1) is 0 Å². The molecular weight excluding hydrogens is 250 g/mol. The zero-order valence-corrected chi connectivity index (χ0v) is 13.3. The Morgan fingerprint density at radius 2 is 2.00 bits per heavy atom. The summed E-state index contributed by atoms with van der Waals surface area (Å²) in [6.45, 7) is 7.16. The van der Waals surface area contributed by atoms with E-state index in [2.05, 4.69) is 36.3 Å². The van der Waals surface area contributed by atoms with Gasteiger partial charge in [0.15, 0.2) is 0 Å². The monoisotopic (exact) mass is 277 g/mol. The maximum atomic E-state index is 11.9. The second-order valence-corrected chi connectivity index (χ2v) is 5.66. The minimum atomic E-state index is 0.0733. The highest BCUT2D eigenvalue weighted by Crippen LogP contribution is 2.22. The average Bonchev–Trinajstić information content (AvgIpc) is 2.36. The number of nitrogens with zero attached hydrogens (tertiary/aromatic N) is 1. The van der Waals surface area contributed by atoms with Crippen LogP contribution in [0.3, 0.4) is 0 Å². The zero-order valence-electron chi connectivity index (χ0n) is 13.3. The first-order valence-electron chi connectivity index (χ1n) is 7.21. The fraction of sp³-hybridized carbons (Fsp3) is 0.562. The molecule has 4 nitrogen and oxygen atoms in total. The molecule has 0 aliphatic heterocycles. The number of benzene rings is 1. The van der Waals surface area contributed by atoms with Crippen molar-refractivity contribution in [2.24, 2.45) is 0 Å². The van der Waals surface area contributed by atoms with Crippen LogP contribution >= 0.6 is 0 Å². The van der Waals surface area contributed by atoms with Crippen molar-refractivity contribution in [2.75, 3.05) is 30.9 Å². The molecule has 0 aromatic heterocycles. The van der Waals surface area contributed by atoms with E-state index in [1.165, 1.54) is 5.56 Å². The summed E-state index contributed by atoms with van der Waals surface area (Å²) in [7, 11) is 4.01. The van der Waals surface area contributed by atoms with Crippen LogP contribution in [0.25, 0.3) is 0 Å². The van der Waals surface area contributed by atoms with Gasteiger partial charge in [0.2, 0.25) is 5.91 Å². The summed E-state index contributed by atoms with van der Waals surface area (Å²) in [5.74, 6) is 0.0733. The van der Waals surface area contributed by atoms with E-state index in [-0.39, 0.29) is 5.91 Å². The van der Waals surface area contributed by atoms with Gasteiger partial charge < -0.3 is 15.5 Å². The van der Waals surface area contributed by atoms with Crippen molar-refractivity contribution in [1.82, 2.24) is 5.32 Å². The van der Waals surface area contributed by atoms with Crippen LogP contribution < -0.4 is 15.5 Å². The Kier molecular flexibility index (Phi) is 6.52. The molecule has 1 aromatic carbocycles. The molecule has 1 aromatic rings. The quantitative estimate of drug-likeness (QED) is 0.753. The van der Waals surface area contributed by atoms with E-state index >= 15 is 0 Å². The Bertz CT molecular complexity index is 441. The molecule has 1 rings (SSSR count). The first-order chi connectivity index (χ1) is 9.40. The number of amides is 1. The summed E-state index contributed by atoms with van der Waals surface area (Å²) in [6, 6.07) is 6.47. The molecule has 1 amide bonds. The fourth-order valence-electron chi connectivity index (χ4n) is 2.03. The molecule has 0 spiro atoms. The minimum Gasteiger partial charge on any atom is -0.377 e. The Morgan fingerprint density at radius 1 is 1.30 bits per heavy atom. The largest absolute Gasteiger partial charge is 0.377 e. The van der Waals surface area contributed by atoms with Gasteiger partial charge in [-0.2, -0.15) is 0 Å². The van der Waals surface area contributed by atoms with Gasteiger partial charge in [-0.3, -0.25) is 4.79 Å². The van der Waals surface area contributed by atoms with E-state index < -0.39 is 0 Å². The molecule has 0 saturated heterocycles. The summed E-state index contributed by atoms with van der Waals surface area (Å²) < 4.78 is 0. The number of carbonyl (C=O) groups is 1. The molecule has 0 aliphatic rings. The van der Waals surface area contributed by atoms with Gasteiger partial charge in [-0.25, -0.2) is 0 Å². The number of carbonyl (C=O) groups excluding carboxylic acids is 1. The van der Waals surface area contributed by atoms with E-state index in [1.807, 2.05) is 32.3 Å². The summed E-state index contributed by atoms with van der Waals surface area (Å²) >= 11 is 0. The van der Waals surface area contributed by atoms with E-state index in [0.29, 0.717) is 12.5 Å². The topological polar surface area (TPSA) is 44.4 Å². The van der Waals surface area contributed by atoms with Crippen LogP contribution in [0, 0.1) is 6.92 Å². The third kappa shape index (κ3) is 5.61. The number of aryl methyl sites for hydroxylation is 1. The first-order valence-corrected chi connectivity index (χ1v) is 7.21. The number of hydrogen-bond donors (Lipinski definition) is 2. The molecule has 0 atom stereocenters. The molecule has 112 valence electrons. The summed E-state index contributed by atoms with van der Waals surface area (Å²) in [6.07, 6.45) is 1.40. The standard InChI is InChI=1S/C16H27N3O/c1-12(2)17-10-6-7-16(20)18-14-9-8-13(3)15(11-14)19(4)5/h8-9,11-12,17H,6-7,10H2,1-5H3,(H,18,20). The van der Waals surface area contributed by atoms with Crippen LogP contribution in [0.15, 0.2) is 18.2 Å². The van der Waals surface area contributed by atoms with Gasteiger partial charge in [-0.1, -0.05) is 19.9 Å². The van der Waals surface area contributed by atoms with Crippen LogP contribution in [0.1, 0.15) is 32.3 Å². The van der Waals surface area contributed by atoms with E-state index in [0.717, 1.165) is 24.3 Å². The van der Waals surface area contributed by atoms with Crippen LogP contribution in [0.5, 0.6) is 0 Å². The second-order valence-electron chi connectivity index (χ2n) is 5.66. The molecule has 2 N–H and O–H groups in total. The predicted octanol–water partition coefficient (Wildman–Crippen LogP) is 2.78. The van der Waals surface area contributed by atoms with Crippen LogP contribution in [0.4, 0.5) is 11.4 Å².